The van der Waals surface area contributed by atoms with Gasteiger partial charge in [-0.2, -0.15) is 0 Å². The monoisotopic (exact) mass is 343 g/mol. The van der Waals surface area contributed by atoms with Gasteiger partial charge in [-0.25, -0.2) is 9.59 Å². The lowest BCUT2D eigenvalue weighted by Gasteiger charge is -2.32. The third kappa shape index (κ3) is 4.97. The predicted molar refractivity (Wildman–Crippen MR) is 93.9 cm³/mol. The Labute approximate surface area is 146 Å². The highest BCUT2D eigenvalue weighted by Crippen LogP contribution is 2.26. The zero-order valence-electron chi connectivity index (χ0n) is 14.4. The molecule has 25 heavy (non-hydrogen) atoms. The number of anilines is 1. The third-order valence-corrected chi connectivity index (χ3v) is 3.60. The Morgan fingerprint density at radius 1 is 1.16 bits per heavy atom. The van der Waals surface area contributed by atoms with Crippen LogP contribution in [0.25, 0.3) is 0 Å². The molecule has 0 amide bonds. The summed E-state index contributed by atoms with van der Waals surface area (Å²) in [7, 11) is 1.61. The zero-order chi connectivity index (χ0) is 18.3. The number of nitrogens with one attached hydrogen (secondary N) is 1. The van der Waals surface area contributed by atoms with Gasteiger partial charge >= 0.3 is 11.9 Å². The van der Waals surface area contributed by atoms with Crippen molar-refractivity contribution in [1.82, 2.24) is 0 Å². The minimum Gasteiger partial charge on any atom is -0.497 e. The van der Waals surface area contributed by atoms with Crippen molar-refractivity contribution in [1.29, 1.82) is 0 Å². The van der Waals surface area contributed by atoms with Crippen molar-refractivity contribution < 1.29 is 23.8 Å². The summed E-state index contributed by atoms with van der Waals surface area (Å²) in [4.78, 5) is 23.8. The van der Waals surface area contributed by atoms with Crippen molar-refractivity contribution in [2.45, 2.75) is 26.1 Å². The maximum Gasteiger partial charge on any atom is 0.348 e. The lowest BCUT2D eigenvalue weighted by atomic mass is 10.1. The minimum atomic E-state index is -1.18. The van der Waals surface area contributed by atoms with Gasteiger partial charge in [-0.15, -0.1) is 0 Å². The standard InChI is InChI=1S/C19H21NO5/c1-4-19(2)24-17(21)16(18(22)25-19)11-6-5-7-12-20-14-9-8-10-15(13-14)23-3/h5-13,20H,4H2,1-3H3/b6-5+,12-7+,16-11?. The second-order valence-electron chi connectivity index (χ2n) is 5.47. The van der Waals surface area contributed by atoms with Crippen LogP contribution in [0, 0.1) is 0 Å². The summed E-state index contributed by atoms with van der Waals surface area (Å²) in [5.74, 6) is -1.78. The van der Waals surface area contributed by atoms with Crippen molar-refractivity contribution in [2.24, 2.45) is 0 Å². The van der Waals surface area contributed by atoms with Crippen molar-refractivity contribution in [2.75, 3.05) is 12.4 Å². The molecule has 1 aromatic carbocycles. The van der Waals surface area contributed by atoms with Gasteiger partial charge in [0.05, 0.1) is 7.11 Å². The van der Waals surface area contributed by atoms with Gasteiger partial charge in [0, 0.05) is 31.3 Å². The molecule has 6 nitrogen and oxygen atoms in total. The molecule has 1 saturated heterocycles. The van der Waals surface area contributed by atoms with Crippen LogP contribution < -0.4 is 10.1 Å². The van der Waals surface area contributed by atoms with Crippen LogP contribution in [0.4, 0.5) is 5.69 Å². The summed E-state index contributed by atoms with van der Waals surface area (Å²) in [5.41, 5.74) is 0.747. The molecule has 2 rings (SSSR count). The summed E-state index contributed by atoms with van der Waals surface area (Å²) in [5, 5.41) is 3.08. The molecule has 0 aliphatic carbocycles. The van der Waals surface area contributed by atoms with Gasteiger partial charge in [-0.1, -0.05) is 25.1 Å². The minimum absolute atomic E-state index is 0.128. The Bertz CT molecular complexity index is 713. The molecule has 1 aromatic rings. The van der Waals surface area contributed by atoms with Crippen LogP contribution in [-0.4, -0.2) is 24.8 Å². The van der Waals surface area contributed by atoms with Crippen LogP contribution in [0.1, 0.15) is 20.3 Å². The van der Waals surface area contributed by atoms with Crippen LogP contribution in [0.3, 0.4) is 0 Å². The van der Waals surface area contributed by atoms with Gasteiger partial charge < -0.3 is 19.5 Å². The molecule has 1 heterocycles. The fourth-order valence-corrected chi connectivity index (χ4v) is 2.02. The molecule has 0 aromatic heterocycles. The lowest BCUT2D eigenvalue weighted by molar-refractivity contribution is -0.229. The Morgan fingerprint density at radius 3 is 2.52 bits per heavy atom. The van der Waals surface area contributed by atoms with E-state index in [-0.39, 0.29) is 5.57 Å². The maximum atomic E-state index is 11.9. The molecule has 132 valence electrons. The summed E-state index contributed by atoms with van der Waals surface area (Å²) < 4.78 is 15.4. The Kier molecular flexibility index (Phi) is 6.00. The number of carbonyl (C=O) groups is 2. The summed E-state index contributed by atoms with van der Waals surface area (Å²) in [6, 6.07) is 7.48. The van der Waals surface area contributed by atoms with Crippen LogP contribution in [0.5, 0.6) is 5.75 Å². The average Bonchev–Trinajstić information content (AvgIpc) is 2.60. The number of esters is 2. The van der Waals surface area contributed by atoms with E-state index in [9.17, 15) is 9.59 Å². The van der Waals surface area contributed by atoms with E-state index >= 15 is 0 Å². The topological polar surface area (TPSA) is 73.9 Å². The molecule has 0 atom stereocenters. The molecule has 1 aliphatic heterocycles. The molecular weight excluding hydrogens is 322 g/mol. The van der Waals surface area contributed by atoms with Crippen molar-refractivity contribution in [3.63, 3.8) is 0 Å². The van der Waals surface area contributed by atoms with Crippen molar-refractivity contribution in [3.8, 4) is 5.75 Å². The number of rotatable bonds is 6. The fraction of sp³-hybridized carbons (Fsp3) is 0.263. The average molecular weight is 343 g/mol. The largest absolute Gasteiger partial charge is 0.497 e. The molecule has 6 heteroatoms. The first-order valence-corrected chi connectivity index (χ1v) is 7.88. The molecule has 0 saturated carbocycles. The first kappa shape index (κ1) is 18.3. The summed E-state index contributed by atoms with van der Waals surface area (Å²) in [6.07, 6.45) is 8.45. The lowest BCUT2D eigenvalue weighted by Crippen LogP contribution is -2.43. The van der Waals surface area contributed by atoms with E-state index in [1.807, 2.05) is 24.3 Å². The highest BCUT2D eigenvalue weighted by molar-refractivity contribution is 6.15. The van der Waals surface area contributed by atoms with E-state index in [2.05, 4.69) is 5.32 Å². The van der Waals surface area contributed by atoms with Crippen LogP contribution in [0.2, 0.25) is 0 Å². The van der Waals surface area contributed by atoms with Crippen LogP contribution in [0.15, 0.2) is 60.3 Å². The first-order valence-electron chi connectivity index (χ1n) is 7.88. The van der Waals surface area contributed by atoms with Gasteiger partial charge in [0.1, 0.15) is 11.3 Å². The summed E-state index contributed by atoms with van der Waals surface area (Å²) in [6.45, 7) is 3.33. The SMILES string of the molecule is CCC1(C)OC(=O)C(=C/C=C/C=C/Nc2cccc(OC)c2)C(=O)O1. The van der Waals surface area contributed by atoms with Crippen LogP contribution in [-0.2, 0) is 19.1 Å². The molecule has 1 N–H and O–H groups in total. The molecule has 1 fully saturated rings. The maximum absolute atomic E-state index is 11.9. The van der Waals surface area contributed by atoms with Gasteiger partial charge in [0.15, 0.2) is 0 Å². The smallest absolute Gasteiger partial charge is 0.348 e. The van der Waals surface area contributed by atoms with Crippen LogP contribution >= 0.6 is 0 Å². The van der Waals surface area contributed by atoms with E-state index in [1.165, 1.54) is 6.08 Å². The normalized spacial score (nSPS) is 20.5. The van der Waals surface area contributed by atoms with E-state index < -0.39 is 17.7 Å². The highest BCUT2D eigenvalue weighted by atomic mass is 16.7. The second kappa shape index (κ2) is 8.19. The zero-order valence-corrected chi connectivity index (χ0v) is 14.4. The number of methoxy groups -OCH3 is 1. The molecular formula is C19H21NO5. The van der Waals surface area contributed by atoms with Gasteiger partial charge in [-0.3, -0.25) is 0 Å². The van der Waals surface area contributed by atoms with E-state index in [4.69, 9.17) is 14.2 Å². The fourth-order valence-electron chi connectivity index (χ4n) is 2.02. The third-order valence-electron chi connectivity index (χ3n) is 3.60. The number of cyclic esters (lactones) is 2. The van der Waals surface area contributed by atoms with E-state index in [1.54, 1.807) is 45.4 Å². The number of benzene rings is 1. The number of ether oxygens (including phenoxy) is 3. The Morgan fingerprint density at radius 2 is 1.88 bits per heavy atom. The highest BCUT2D eigenvalue weighted by Gasteiger charge is 2.40. The molecule has 1 aliphatic rings. The Hall–Kier alpha value is -3.02. The van der Waals surface area contributed by atoms with E-state index in [0.717, 1.165) is 11.4 Å². The second-order valence-corrected chi connectivity index (χ2v) is 5.47. The van der Waals surface area contributed by atoms with Gasteiger partial charge in [-0.05, 0) is 24.3 Å². The summed E-state index contributed by atoms with van der Waals surface area (Å²) >= 11 is 0. The molecule has 0 bridgehead atoms. The number of carbonyl (C=O) groups excluding carboxylic acids is 2. The van der Waals surface area contributed by atoms with E-state index in [0.29, 0.717) is 6.42 Å². The Balaban J connectivity index is 1.92. The molecule has 0 radical (unpaired) electrons. The molecule has 0 spiro atoms. The first-order chi connectivity index (χ1) is 12.0. The predicted octanol–water partition coefficient (Wildman–Crippen LogP) is 3.33. The number of allylic oxidation sites excluding steroid dienone is 4. The quantitative estimate of drug-likeness (QED) is 0.370. The van der Waals surface area contributed by atoms with Gasteiger partial charge in [0.25, 0.3) is 5.79 Å². The number of hydrogen-bond acceptors (Lipinski definition) is 6. The molecule has 0 unspecified atom stereocenters. The number of hydrogen-bond donors (Lipinski definition) is 1. The van der Waals surface area contributed by atoms with Gasteiger partial charge in [0.2, 0.25) is 0 Å². The van der Waals surface area contributed by atoms with Crippen molar-refractivity contribution in [3.05, 3.63) is 60.3 Å². The van der Waals surface area contributed by atoms with Crippen molar-refractivity contribution >= 4 is 17.6 Å².